The number of carbonyl (C=O) groups excluding carboxylic acids is 1. The van der Waals surface area contributed by atoms with Crippen molar-refractivity contribution < 1.29 is 9.53 Å². The van der Waals surface area contributed by atoms with Gasteiger partial charge < -0.3 is 10.1 Å². The Kier molecular flexibility index (Phi) is 5.52. The lowest BCUT2D eigenvalue weighted by atomic mass is 9.92. The van der Waals surface area contributed by atoms with Crippen LogP contribution in [-0.4, -0.2) is 23.0 Å². The normalized spacial score (nSPS) is 19.7. The van der Waals surface area contributed by atoms with Gasteiger partial charge in [-0.3, -0.25) is 9.78 Å². The lowest BCUT2D eigenvalue weighted by molar-refractivity contribution is 0.0889. The van der Waals surface area contributed by atoms with E-state index < -0.39 is 0 Å². The van der Waals surface area contributed by atoms with Crippen LogP contribution in [0.1, 0.15) is 41.7 Å². The average molecular weight is 356 g/mol. The van der Waals surface area contributed by atoms with Gasteiger partial charge in [-0.2, -0.15) is 5.26 Å². The zero-order valence-electron chi connectivity index (χ0n) is 13.6. The van der Waals surface area contributed by atoms with Crippen molar-refractivity contribution in [2.45, 2.75) is 37.8 Å². The number of hydrogen-bond acceptors (Lipinski definition) is 4. The van der Waals surface area contributed by atoms with E-state index in [-0.39, 0.29) is 18.1 Å². The maximum atomic E-state index is 12.1. The molecule has 5 nitrogen and oxygen atoms in total. The number of nitrogens with one attached hydrogen (secondary N) is 1. The molecule has 2 aromatic rings. The van der Waals surface area contributed by atoms with Crippen molar-refractivity contribution in [3.63, 3.8) is 0 Å². The molecule has 1 amide bonds. The highest BCUT2D eigenvalue weighted by Crippen LogP contribution is 2.27. The van der Waals surface area contributed by atoms with Crippen LogP contribution in [0.3, 0.4) is 0 Å². The average Bonchev–Trinajstić information content (AvgIpc) is 2.64. The summed E-state index contributed by atoms with van der Waals surface area (Å²) in [5.41, 5.74) is 0.878. The predicted molar refractivity (Wildman–Crippen MR) is 94.5 cm³/mol. The van der Waals surface area contributed by atoms with Gasteiger partial charge in [0.2, 0.25) is 0 Å². The summed E-state index contributed by atoms with van der Waals surface area (Å²) in [6.45, 7) is 0. The molecule has 25 heavy (non-hydrogen) atoms. The fourth-order valence-electron chi connectivity index (χ4n) is 2.93. The van der Waals surface area contributed by atoms with Crippen molar-refractivity contribution >= 4 is 17.5 Å². The van der Waals surface area contributed by atoms with Crippen molar-refractivity contribution in [3.05, 3.63) is 58.9 Å². The predicted octanol–water partition coefficient (Wildman–Crippen LogP) is 3.73. The van der Waals surface area contributed by atoms with E-state index in [0.717, 1.165) is 25.7 Å². The highest BCUT2D eigenvalue weighted by atomic mass is 35.5. The van der Waals surface area contributed by atoms with Crippen LogP contribution in [-0.2, 0) is 0 Å². The van der Waals surface area contributed by atoms with E-state index >= 15 is 0 Å². The molecule has 3 rings (SSSR count). The van der Waals surface area contributed by atoms with Crippen molar-refractivity contribution in [1.29, 1.82) is 5.26 Å². The molecule has 1 aromatic carbocycles. The van der Waals surface area contributed by atoms with Gasteiger partial charge in [-0.25, -0.2) is 0 Å². The molecule has 0 atom stereocenters. The molecule has 0 radical (unpaired) electrons. The maximum absolute atomic E-state index is 12.1. The molecule has 1 aromatic heterocycles. The van der Waals surface area contributed by atoms with Crippen LogP contribution in [0.25, 0.3) is 0 Å². The molecule has 1 N–H and O–H groups in total. The summed E-state index contributed by atoms with van der Waals surface area (Å²) in [7, 11) is 0. The number of aromatic nitrogens is 1. The lowest BCUT2D eigenvalue weighted by Crippen LogP contribution is -2.40. The second kappa shape index (κ2) is 8.00. The van der Waals surface area contributed by atoms with Gasteiger partial charge in [0, 0.05) is 18.3 Å². The molecule has 1 aliphatic carbocycles. The molecule has 0 bridgehead atoms. The van der Waals surface area contributed by atoms with Crippen molar-refractivity contribution in [1.82, 2.24) is 10.3 Å². The molecule has 1 fully saturated rings. The van der Waals surface area contributed by atoms with Gasteiger partial charge in [-0.1, -0.05) is 17.7 Å². The van der Waals surface area contributed by atoms with E-state index in [0.29, 0.717) is 22.0 Å². The summed E-state index contributed by atoms with van der Waals surface area (Å²) in [5.74, 6) is 0.536. The summed E-state index contributed by atoms with van der Waals surface area (Å²) < 4.78 is 5.95. The molecular formula is C19H18ClN3O2. The highest BCUT2D eigenvalue weighted by molar-refractivity contribution is 6.31. The van der Waals surface area contributed by atoms with E-state index in [9.17, 15) is 4.79 Å². The van der Waals surface area contributed by atoms with Crippen LogP contribution >= 0.6 is 11.6 Å². The van der Waals surface area contributed by atoms with E-state index in [4.69, 9.17) is 21.6 Å². The van der Waals surface area contributed by atoms with E-state index in [1.165, 1.54) is 0 Å². The van der Waals surface area contributed by atoms with Crippen molar-refractivity contribution in [2.75, 3.05) is 0 Å². The third kappa shape index (κ3) is 4.49. The van der Waals surface area contributed by atoms with Crippen LogP contribution in [0.15, 0.2) is 42.6 Å². The smallest absolute Gasteiger partial charge is 0.270 e. The molecule has 1 aliphatic rings. The first-order chi connectivity index (χ1) is 12.2. The summed E-state index contributed by atoms with van der Waals surface area (Å²) in [6.07, 6.45) is 5.12. The second-order valence-electron chi connectivity index (χ2n) is 6.03. The van der Waals surface area contributed by atoms with Gasteiger partial charge in [0.15, 0.2) is 0 Å². The number of pyridine rings is 1. The number of hydrogen-bond donors (Lipinski definition) is 1. The van der Waals surface area contributed by atoms with Crippen molar-refractivity contribution in [2.24, 2.45) is 0 Å². The Morgan fingerprint density at radius 3 is 2.68 bits per heavy atom. The molecule has 0 spiro atoms. The summed E-state index contributed by atoms with van der Waals surface area (Å²) in [6, 6.07) is 12.6. The molecule has 0 aliphatic heterocycles. The first-order valence-electron chi connectivity index (χ1n) is 8.24. The van der Waals surface area contributed by atoms with Crippen LogP contribution in [0.2, 0.25) is 5.02 Å². The minimum absolute atomic E-state index is 0.0898. The van der Waals surface area contributed by atoms with E-state index in [2.05, 4.69) is 10.3 Å². The van der Waals surface area contributed by atoms with Gasteiger partial charge in [0.25, 0.3) is 5.91 Å². The SMILES string of the molecule is N#Cc1ccc(OC2CCC(NC(=O)c3ccccn3)CC2)cc1Cl. The Morgan fingerprint density at radius 1 is 1.24 bits per heavy atom. The van der Waals surface area contributed by atoms with Crippen LogP contribution in [0, 0.1) is 11.3 Å². The van der Waals surface area contributed by atoms with Crippen LogP contribution < -0.4 is 10.1 Å². The second-order valence-corrected chi connectivity index (χ2v) is 6.44. The molecular weight excluding hydrogens is 338 g/mol. The van der Waals surface area contributed by atoms with E-state index in [1.807, 2.05) is 6.07 Å². The monoisotopic (exact) mass is 355 g/mol. The Bertz CT molecular complexity index is 781. The minimum Gasteiger partial charge on any atom is -0.490 e. The molecule has 128 valence electrons. The number of carbonyl (C=O) groups is 1. The number of benzene rings is 1. The van der Waals surface area contributed by atoms with Gasteiger partial charge in [-0.05, 0) is 49.9 Å². The highest BCUT2D eigenvalue weighted by Gasteiger charge is 2.24. The molecule has 0 unspecified atom stereocenters. The Morgan fingerprint density at radius 2 is 2.04 bits per heavy atom. The van der Waals surface area contributed by atoms with Gasteiger partial charge >= 0.3 is 0 Å². The maximum Gasteiger partial charge on any atom is 0.270 e. The van der Waals surface area contributed by atoms with Gasteiger partial charge in [-0.15, -0.1) is 0 Å². The minimum atomic E-state index is -0.135. The number of amides is 1. The van der Waals surface area contributed by atoms with Crippen LogP contribution in [0.5, 0.6) is 5.75 Å². The van der Waals surface area contributed by atoms with Gasteiger partial charge in [0.05, 0.1) is 16.7 Å². The largest absolute Gasteiger partial charge is 0.490 e. The fraction of sp³-hybridized carbons (Fsp3) is 0.316. The zero-order chi connectivity index (χ0) is 17.6. The lowest BCUT2D eigenvalue weighted by Gasteiger charge is -2.29. The first-order valence-corrected chi connectivity index (χ1v) is 8.61. The summed E-state index contributed by atoms with van der Waals surface area (Å²) in [4.78, 5) is 16.2. The molecule has 6 heteroatoms. The summed E-state index contributed by atoms with van der Waals surface area (Å²) in [5, 5.41) is 12.3. The van der Waals surface area contributed by atoms with Crippen molar-refractivity contribution in [3.8, 4) is 11.8 Å². The standard InChI is InChI=1S/C19H18ClN3O2/c20-17-11-16(7-4-13(17)12-21)25-15-8-5-14(6-9-15)23-19(24)18-3-1-2-10-22-18/h1-4,7,10-11,14-15H,5-6,8-9H2,(H,23,24). The Labute approximate surface area is 151 Å². The molecule has 1 heterocycles. The number of nitriles is 1. The fourth-order valence-corrected chi connectivity index (χ4v) is 3.15. The summed E-state index contributed by atoms with van der Waals surface area (Å²) >= 11 is 6.03. The third-order valence-corrected chi connectivity index (χ3v) is 4.58. The topological polar surface area (TPSA) is 75.0 Å². The number of rotatable bonds is 4. The van der Waals surface area contributed by atoms with Crippen LogP contribution in [0.4, 0.5) is 0 Å². The number of ether oxygens (including phenoxy) is 1. The Hall–Kier alpha value is -2.58. The first kappa shape index (κ1) is 17.2. The molecule has 1 saturated carbocycles. The third-order valence-electron chi connectivity index (χ3n) is 4.27. The zero-order valence-corrected chi connectivity index (χ0v) is 14.4. The van der Waals surface area contributed by atoms with Gasteiger partial charge in [0.1, 0.15) is 17.5 Å². The number of halogens is 1. The Balaban J connectivity index is 1.50. The number of nitrogens with zero attached hydrogens (tertiary/aromatic N) is 2. The molecule has 0 saturated heterocycles. The quantitative estimate of drug-likeness (QED) is 0.906. The van der Waals surface area contributed by atoms with E-state index in [1.54, 1.807) is 42.6 Å².